The number of rotatable bonds is 7. The number of hydrogen-bond donors (Lipinski definition) is 2. The molecule has 0 atom stereocenters. The van der Waals surface area contributed by atoms with Crippen molar-refractivity contribution in [3.63, 3.8) is 0 Å². The summed E-state index contributed by atoms with van der Waals surface area (Å²) < 4.78 is 10.4. The molecule has 74 valence electrons. The number of hydrogen-bond acceptors (Lipinski definition) is 4. The van der Waals surface area contributed by atoms with E-state index in [9.17, 15) is 0 Å². The first-order valence-electron chi connectivity index (χ1n) is 4.21. The third-order valence-electron chi connectivity index (χ3n) is 1.11. The van der Waals surface area contributed by atoms with E-state index in [4.69, 9.17) is 20.9 Å². The quantitative estimate of drug-likeness (QED) is 0.523. The molecular weight excluding hydrogens is 156 g/mol. The smallest absolute Gasteiger partial charge is 0.0701 e. The van der Waals surface area contributed by atoms with Crippen molar-refractivity contribution in [2.24, 2.45) is 11.5 Å². The fraction of sp³-hybridized carbons (Fsp3) is 1.00. The van der Waals surface area contributed by atoms with E-state index < -0.39 is 0 Å². The van der Waals surface area contributed by atoms with Crippen LogP contribution in [0.5, 0.6) is 0 Å². The highest BCUT2D eigenvalue weighted by molar-refractivity contribution is 4.69. The standard InChI is InChI=1S/C8H20N2O2/c1-8(2,10)7-12-6-5-11-4-3-9/h3-7,9-10H2,1-2H3. The molecule has 0 saturated heterocycles. The third-order valence-corrected chi connectivity index (χ3v) is 1.11. The maximum Gasteiger partial charge on any atom is 0.0701 e. The van der Waals surface area contributed by atoms with Gasteiger partial charge in [-0.2, -0.15) is 0 Å². The molecule has 4 N–H and O–H groups in total. The van der Waals surface area contributed by atoms with Crippen LogP contribution in [0.2, 0.25) is 0 Å². The Balaban J connectivity index is 3.01. The van der Waals surface area contributed by atoms with Gasteiger partial charge in [0.2, 0.25) is 0 Å². The van der Waals surface area contributed by atoms with E-state index in [0.717, 1.165) is 0 Å². The minimum atomic E-state index is -0.256. The fourth-order valence-corrected chi connectivity index (χ4v) is 0.638. The van der Waals surface area contributed by atoms with Crippen molar-refractivity contribution < 1.29 is 9.47 Å². The zero-order valence-electron chi connectivity index (χ0n) is 8.01. The van der Waals surface area contributed by atoms with Crippen LogP contribution in [0.25, 0.3) is 0 Å². The molecule has 12 heavy (non-hydrogen) atoms. The topological polar surface area (TPSA) is 70.5 Å². The molecule has 0 aromatic rings. The van der Waals surface area contributed by atoms with Gasteiger partial charge in [-0.3, -0.25) is 0 Å². The lowest BCUT2D eigenvalue weighted by Gasteiger charge is -2.17. The van der Waals surface area contributed by atoms with Gasteiger partial charge < -0.3 is 20.9 Å². The molecule has 0 rings (SSSR count). The molecule has 0 heterocycles. The Hall–Kier alpha value is -0.160. The number of ether oxygens (including phenoxy) is 2. The molecule has 0 bridgehead atoms. The van der Waals surface area contributed by atoms with E-state index in [2.05, 4.69) is 0 Å². The zero-order valence-corrected chi connectivity index (χ0v) is 8.01. The van der Waals surface area contributed by atoms with Crippen LogP contribution in [0.3, 0.4) is 0 Å². The Labute approximate surface area is 74.2 Å². The molecule has 4 heteroatoms. The molecular formula is C8H20N2O2. The fourth-order valence-electron chi connectivity index (χ4n) is 0.638. The predicted molar refractivity (Wildman–Crippen MR) is 49.0 cm³/mol. The first kappa shape index (κ1) is 11.8. The molecule has 0 unspecified atom stereocenters. The molecule has 0 spiro atoms. The Bertz CT molecular complexity index is 102. The van der Waals surface area contributed by atoms with Crippen LogP contribution < -0.4 is 11.5 Å². The van der Waals surface area contributed by atoms with Gasteiger partial charge in [0.05, 0.1) is 26.4 Å². The second-order valence-electron chi connectivity index (χ2n) is 3.44. The molecule has 0 fully saturated rings. The van der Waals surface area contributed by atoms with E-state index in [1.54, 1.807) is 0 Å². The summed E-state index contributed by atoms with van der Waals surface area (Å²) in [6.45, 7) is 6.73. The summed E-state index contributed by atoms with van der Waals surface area (Å²) >= 11 is 0. The highest BCUT2D eigenvalue weighted by Gasteiger charge is 2.09. The lowest BCUT2D eigenvalue weighted by atomic mass is 10.1. The molecule has 0 amide bonds. The van der Waals surface area contributed by atoms with E-state index in [0.29, 0.717) is 33.0 Å². The predicted octanol–water partition coefficient (Wildman–Crippen LogP) is -0.284. The van der Waals surface area contributed by atoms with Crippen molar-refractivity contribution in [3.8, 4) is 0 Å². The van der Waals surface area contributed by atoms with E-state index in [1.807, 2.05) is 13.8 Å². The lowest BCUT2D eigenvalue weighted by Crippen LogP contribution is -2.37. The van der Waals surface area contributed by atoms with Crippen LogP contribution in [0.15, 0.2) is 0 Å². The van der Waals surface area contributed by atoms with Crippen molar-refractivity contribution >= 4 is 0 Å². The summed E-state index contributed by atoms with van der Waals surface area (Å²) in [4.78, 5) is 0. The van der Waals surface area contributed by atoms with Crippen LogP contribution in [-0.4, -0.2) is 38.5 Å². The average molecular weight is 176 g/mol. The summed E-state index contributed by atoms with van der Waals surface area (Å²) in [5, 5.41) is 0. The monoisotopic (exact) mass is 176 g/mol. The molecule has 0 aromatic carbocycles. The third kappa shape index (κ3) is 9.84. The normalized spacial score (nSPS) is 12.0. The zero-order chi connectivity index (χ0) is 9.45. The van der Waals surface area contributed by atoms with Gasteiger partial charge in [0.15, 0.2) is 0 Å². The van der Waals surface area contributed by atoms with Crippen molar-refractivity contribution in [1.29, 1.82) is 0 Å². The molecule has 0 aliphatic heterocycles. The first-order chi connectivity index (χ1) is 5.56. The van der Waals surface area contributed by atoms with Gasteiger partial charge in [0.1, 0.15) is 0 Å². The summed E-state index contributed by atoms with van der Waals surface area (Å²) in [5.41, 5.74) is 10.7. The molecule has 0 aliphatic rings. The molecule has 0 aliphatic carbocycles. The summed E-state index contributed by atoms with van der Waals surface area (Å²) in [6, 6.07) is 0. The average Bonchev–Trinajstić information content (AvgIpc) is 1.94. The van der Waals surface area contributed by atoms with Gasteiger partial charge in [-0.05, 0) is 13.8 Å². The Kier molecular flexibility index (Phi) is 6.28. The van der Waals surface area contributed by atoms with Crippen molar-refractivity contribution in [2.45, 2.75) is 19.4 Å². The molecule has 0 saturated carbocycles. The highest BCUT2D eigenvalue weighted by atomic mass is 16.5. The van der Waals surface area contributed by atoms with Gasteiger partial charge >= 0.3 is 0 Å². The van der Waals surface area contributed by atoms with Crippen LogP contribution in [0.1, 0.15) is 13.8 Å². The summed E-state index contributed by atoms with van der Waals surface area (Å²) in [7, 11) is 0. The summed E-state index contributed by atoms with van der Waals surface area (Å²) in [6.07, 6.45) is 0. The van der Waals surface area contributed by atoms with E-state index in [1.165, 1.54) is 0 Å². The Morgan fingerprint density at radius 1 is 1.08 bits per heavy atom. The van der Waals surface area contributed by atoms with Crippen LogP contribution >= 0.6 is 0 Å². The Morgan fingerprint density at radius 3 is 2.17 bits per heavy atom. The number of nitrogens with two attached hydrogens (primary N) is 2. The van der Waals surface area contributed by atoms with E-state index >= 15 is 0 Å². The maximum atomic E-state index is 5.69. The summed E-state index contributed by atoms with van der Waals surface area (Å²) in [5.74, 6) is 0. The lowest BCUT2D eigenvalue weighted by molar-refractivity contribution is 0.0349. The second-order valence-corrected chi connectivity index (χ2v) is 3.44. The van der Waals surface area contributed by atoms with Crippen molar-refractivity contribution in [2.75, 3.05) is 33.0 Å². The largest absolute Gasteiger partial charge is 0.378 e. The Morgan fingerprint density at radius 2 is 1.67 bits per heavy atom. The maximum absolute atomic E-state index is 5.69. The van der Waals surface area contributed by atoms with Crippen molar-refractivity contribution in [3.05, 3.63) is 0 Å². The van der Waals surface area contributed by atoms with Gasteiger partial charge in [-0.15, -0.1) is 0 Å². The second kappa shape index (κ2) is 6.37. The van der Waals surface area contributed by atoms with Gasteiger partial charge in [-0.25, -0.2) is 0 Å². The van der Waals surface area contributed by atoms with Gasteiger partial charge in [-0.1, -0.05) is 0 Å². The van der Waals surface area contributed by atoms with Crippen molar-refractivity contribution in [1.82, 2.24) is 0 Å². The van der Waals surface area contributed by atoms with Gasteiger partial charge in [0, 0.05) is 12.1 Å². The van der Waals surface area contributed by atoms with Crippen LogP contribution in [0.4, 0.5) is 0 Å². The molecule has 0 radical (unpaired) electrons. The highest BCUT2D eigenvalue weighted by Crippen LogP contribution is 1.96. The minimum Gasteiger partial charge on any atom is -0.378 e. The SMILES string of the molecule is CC(C)(N)COCCOCCN. The van der Waals surface area contributed by atoms with Crippen LogP contribution in [-0.2, 0) is 9.47 Å². The van der Waals surface area contributed by atoms with Crippen LogP contribution in [0, 0.1) is 0 Å². The molecule has 4 nitrogen and oxygen atoms in total. The first-order valence-corrected chi connectivity index (χ1v) is 4.21. The molecule has 0 aromatic heterocycles. The minimum absolute atomic E-state index is 0.256. The van der Waals surface area contributed by atoms with E-state index in [-0.39, 0.29) is 5.54 Å². The van der Waals surface area contributed by atoms with Gasteiger partial charge in [0.25, 0.3) is 0 Å².